The van der Waals surface area contributed by atoms with Crippen LogP contribution in [0.5, 0.6) is 0 Å². The van der Waals surface area contributed by atoms with Crippen LogP contribution < -0.4 is 0 Å². The zero-order valence-electron chi connectivity index (χ0n) is 9.78. The van der Waals surface area contributed by atoms with E-state index in [1.54, 1.807) is 0 Å². The van der Waals surface area contributed by atoms with E-state index in [1.165, 1.54) is 0 Å². The predicted molar refractivity (Wildman–Crippen MR) is 62.5 cm³/mol. The average Bonchev–Trinajstić information content (AvgIpc) is 2.74. The van der Waals surface area contributed by atoms with E-state index in [2.05, 4.69) is 13.8 Å². The standard InChI is InChI=1S/C12H22O2S/c1-9-3-5-11(7-9)15(13,14)12-6-4-10(2)8-12/h9-12H,3-8H2,1-2H3. The van der Waals surface area contributed by atoms with Crippen LogP contribution in [-0.4, -0.2) is 18.9 Å². The second-order valence-corrected chi connectivity index (χ2v) is 8.18. The van der Waals surface area contributed by atoms with E-state index in [9.17, 15) is 8.42 Å². The highest BCUT2D eigenvalue weighted by atomic mass is 32.2. The van der Waals surface area contributed by atoms with Crippen LogP contribution in [0.3, 0.4) is 0 Å². The van der Waals surface area contributed by atoms with Gasteiger partial charge in [0.1, 0.15) is 0 Å². The molecule has 0 aromatic carbocycles. The van der Waals surface area contributed by atoms with Gasteiger partial charge < -0.3 is 0 Å². The fourth-order valence-electron chi connectivity index (χ4n) is 3.18. The molecule has 2 saturated carbocycles. The lowest BCUT2D eigenvalue weighted by molar-refractivity contribution is 0.551. The number of hydrogen-bond acceptors (Lipinski definition) is 2. The van der Waals surface area contributed by atoms with E-state index in [-0.39, 0.29) is 10.5 Å². The van der Waals surface area contributed by atoms with Crippen molar-refractivity contribution in [1.29, 1.82) is 0 Å². The first-order valence-corrected chi connectivity index (χ1v) is 7.83. The van der Waals surface area contributed by atoms with E-state index in [0.717, 1.165) is 38.5 Å². The van der Waals surface area contributed by atoms with Crippen LogP contribution in [0.25, 0.3) is 0 Å². The Hall–Kier alpha value is -0.0500. The maximum absolute atomic E-state index is 12.3. The molecular formula is C12H22O2S. The summed E-state index contributed by atoms with van der Waals surface area (Å²) in [7, 11) is -2.80. The molecule has 2 fully saturated rings. The highest BCUT2D eigenvalue weighted by Gasteiger charge is 2.40. The fourth-order valence-corrected chi connectivity index (χ4v) is 5.85. The maximum Gasteiger partial charge on any atom is 0.156 e. The minimum absolute atomic E-state index is 0.0113. The van der Waals surface area contributed by atoms with E-state index in [1.807, 2.05) is 0 Å². The van der Waals surface area contributed by atoms with Gasteiger partial charge in [0.05, 0.1) is 10.5 Å². The molecule has 2 nitrogen and oxygen atoms in total. The number of hydrogen-bond donors (Lipinski definition) is 0. The summed E-state index contributed by atoms with van der Waals surface area (Å²) in [5.74, 6) is 1.23. The molecule has 15 heavy (non-hydrogen) atoms. The Kier molecular flexibility index (Phi) is 3.11. The number of rotatable bonds is 2. The molecule has 0 aromatic rings. The predicted octanol–water partition coefficient (Wildman–Crippen LogP) is 2.78. The van der Waals surface area contributed by atoms with Crippen LogP contribution in [0.1, 0.15) is 52.4 Å². The Morgan fingerprint density at radius 3 is 1.47 bits per heavy atom. The van der Waals surface area contributed by atoms with Gasteiger partial charge in [-0.1, -0.05) is 13.8 Å². The lowest BCUT2D eigenvalue weighted by Gasteiger charge is -2.17. The first kappa shape index (κ1) is 11.4. The molecule has 3 heteroatoms. The van der Waals surface area contributed by atoms with Crippen molar-refractivity contribution in [3.8, 4) is 0 Å². The molecule has 0 bridgehead atoms. The van der Waals surface area contributed by atoms with Crippen molar-refractivity contribution in [2.75, 3.05) is 0 Å². The summed E-state index contributed by atoms with van der Waals surface area (Å²) in [4.78, 5) is 0. The SMILES string of the molecule is CC1CCC(S(=O)(=O)C2CCC(C)C2)C1. The van der Waals surface area contributed by atoms with Crippen molar-refractivity contribution in [2.45, 2.75) is 62.9 Å². The zero-order chi connectivity index (χ0) is 11.1. The fraction of sp³-hybridized carbons (Fsp3) is 1.00. The van der Waals surface area contributed by atoms with Crippen molar-refractivity contribution < 1.29 is 8.42 Å². The van der Waals surface area contributed by atoms with Gasteiger partial charge in [0.25, 0.3) is 0 Å². The van der Waals surface area contributed by atoms with Gasteiger partial charge in [-0.05, 0) is 50.4 Å². The van der Waals surface area contributed by atoms with Crippen molar-refractivity contribution in [2.24, 2.45) is 11.8 Å². The topological polar surface area (TPSA) is 34.1 Å². The van der Waals surface area contributed by atoms with Crippen molar-refractivity contribution in [3.63, 3.8) is 0 Å². The molecule has 4 unspecified atom stereocenters. The monoisotopic (exact) mass is 230 g/mol. The normalized spacial score (nSPS) is 42.3. The quantitative estimate of drug-likeness (QED) is 0.731. The summed E-state index contributed by atoms with van der Waals surface area (Å²) in [5, 5.41) is -0.0226. The van der Waals surface area contributed by atoms with Gasteiger partial charge in [0, 0.05) is 0 Å². The summed E-state index contributed by atoms with van der Waals surface area (Å²) in [5.41, 5.74) is 0. The van der Waals surface area contributed by atoms with Crippen LogP contribution in [0.4, 0.5) is 0 Å². The second-order valence-electron chi connectivity index (χ2n) is 5.67. The third-order valence-corrected chi connectivity index (χ3v) is 6.94. The Bertz CT molecular complexity index is 295. The van der Waals surface area contributed by atoms with Crippen LogP contribution in [0, 0.1) is 11.8 Å². The van der Waals surface area contributed by atoms with E-state index >= 15 is 0 Å². The Morgan fingerprint density at radius 2 is 1.20 bits per heavy atom. The average molecular weight is 230 g/mol. The highest BCUT2D eigenvalue weighted by Crippen LogP contribution is 2.37. The van der Waals surface area contributed by atoms with Gasteiger partial charge in [0.15, 0.2) is 9.84 Å². The molecule has 0 saturated heterocycles. The van der Waals surface area contributed by atoms with Crippen molar-refractivity contribution >= 4 is 9.84 Å². The highest BCUT2D eigenvalue weighted by molar-refractivity contribution is 7.92. The van der Waals surface area contributed by atoms with Gasteiger partial charge in [-0.15, -0.1) is 0 Å². The Morgan fingerprint density at radius 1 is 0.800 bits per heavy atom. The summed E-state index contributed by atoms with van der Waals surface area (Å²) < 4.78 is 24.7. The molecular weight excluding hydrogens is 208 g/mol. The maximum atomic E-state index is 12.3. The lowest BCUT2D eigenvalue weighted by Crippen LogP contribution is -2.28. The van der Waals surface area contributed by atoms with E-state index in [0.29, 0.717) is 11.8 Å². The summed E-state index contributed by atoms with van der Waals surface area (Å²) in [6, 6.07) is 0. The molecule has 0 heterocycles. The molecule has 2 aliphatic carbocycles. The molecule has 88 valence electrons. The molecule has 0 N–H and O–H groups in total. The van der Waals surface area contributed by atoms with Crippen LogP contribution in [0.15, 0.2) is 0 Å². The zero-order valence-corrected chi connectivity index (χ0v) is 10.6. The van der Waals surface area contributed by atoms with Crippen molar-refractivity contribution in [1.82, 2.24) is 0 Å². The molecule has 0 amide bonds. The van der Waals surface area contributed by atoms with E-state index in [4.69, 9.17) is 0 Å². The molecule has 0 radical (unpaired) electrons. The number of sulfone groups is 1. The molecule has 0 aromatic heterocycles. The second kappa shape index (κ2) is 4.08. The van der Waals surface area contributed by atoms with Gasteiger partial charge in [0.2, 0.25) is 0 Å². The third-order valence-electron chi connectivity index (χ3n) is 4.22. The lowest BCUT2D eigenvalue weighted by atomic mass is 10.1. The Labute approximate surface area is 93.4 Å². The molecule has 0 aliphatic heterocycles. The van der Waals surface area contributed by atoms with Crippen LogP contribution >= 0.6 is 0 Å². The molecule has 2 rings (SSSR count). The first-order chi connectivity index (χ1) is 7.00. The van der Waals surface area contributed by atoms with Crippen LogP contribution in [0.2, 0.25) is 0 Å². The molecule has 2 aliphatic rings. The molecule has 0 spiro atoms. The van der Waals surface area contributed by atoms with Crippen molar-refractivity contribution in [3.05, 3.63) is 0 Å². The summed E-state index contributed by atoms with van der Waals surface area (Å²) >= 11 is 0. The molecule has 4 atom stereocenters. The first-order valence-electron chi connectivity index (χ1n) is 6.23. The van der Waals surface area contributed by atoms with Gasteiger partial charge >= 0.3 is 0 Å². The third kappa shape index (κ3) is 2.22. The summed E-state index contributed by atoms with van der Waals surface area (Å²) in [6.45, 7) is 4.35. The van der Waals surface area contributed by atoms with E-state index < -0.39 is 9.84 Å². The van der Waals surface area contributed by atoms with Gasteiger partial charge in [-0.2, -0.15) is 0 Å². The van der Waals surface area contributed by atoms with Gasteiger partial charge in [-0.25, -0.2) is 8.42 Å². The van der Waals surface area contributed by atoms with Crippen LogP contribution in [-0.2, 0) is 9.84 Å². The summed E-state index contributed by atoms with van der Waals surface area (Å²) in [6.07, 6.45) is 5.85. The minimum atomic E-state index is -2.80. The smallest absolute Gasteiger partial charge is 0.156 e. The largest absolute Gasteiger partial charge is 0.228 e. The van der Waals surface area contributed by atoms with Gasteiger partial charge in [-0.3, -0.25) is 0 Å². The Balaban J connectivity index is 2.06. The minimum Gasteiger partial charge on any atom is -0.228 e.